The molecule has 0 aromatic heterocycles. The second-order valence-corrected chi connectivity index (χ2v) is 12.7. The van der Waals surface area contributed by atoms with Crippen LogP contribution >= 0.6 is 0 Å². The fourth-order valence-electron chi connectivity index (χ4n) is 6.39. The molecule has 0 aliphatic carbocycles. The van der Waals surface area contributed by atoms with Crippen molar-refractivity contribution in [1.82, 2.24) is 4.90 Å². The number of anilines is 1. The SMILES string of the molecule is CCCCCCCCCCCCO[C@@H]1[C@H]2OC(C)(C)O[C@H]2O[C@@H]1C(CN1CCCCCC1)OC(=O)Nc1ccccc1. The van der Waals surface area contributed by atoms with E-state index in [4.69, 9.17) is 23.7 Å². The van der Waals surface area contributed by atoms with Gasteiger partial charge in [-0.2, -0.15) is 0 Å². The van der Waals surface area contributed by atoms with Crippen LogP contribution in [0, 0.1) is 0 Å². The standard InChI is InChI=1S/C34H56N2O6/c1-4-5-6-7-8-9-10-11-14-20-25-38-30-29(40-32-31(30)41-34(2,3)42-32)28(26-36-23-18-12-13-19-24-36)39-33(37)35-27-21-16-15-17-22-27/h15-17,21-22,28-32H,4-14,18-20,23-26H2,1-3H3,(H,35,37)/t28?,29-,30+,31-,32-/m1/s1. The van der Waals surface area contributed by atoms with Crippen LogP contribution in [0.3, 0.4) is 0 Å². The quantitative estimate of drug-likeness (QED) is 0.187. The molecule has 5 atom stereocenters. The van der Waals surface area contributed by atoms with Crippen LogP contribution in [0.1, 0.15) is 111 Å². The molecule has 3 fully saturated rings. The molecule has 1 unspecified atom stereocenters. The summed E-state index contributed by atoms with van der Waals surface area (Å²) in [7, 11) is 0. The van der Waals surface area contributed by atoms with Gasteiger partial charge in [-0.15, -0.1) is 0 Å². The van der Waals surface area contributed by atoms with Crippen LogP contribution in [0.5, 0.6) is 0 Å². The minimum Gasteiger partial charge on any atom is -0.442 e. The Morgan fingerprint density at radius 2 is 1.57 bits per heavy atom. The number of fused-ring (bicyclic) bond motifs is 1. The van der Waals surface area contributed by atoms with Crippen LogP contribution in [-0.2, 0) is 23.7 Å². The van der Waals surface area contributed by atoms with Crippen molar-refractivity contribution < 1.29 is 28.5 Å². The molecule has 8 nitrogen and oxygen atoms in total. The molecule has 0 saturated carbocycles. The Balaban J connectivity index is 1.35. The summed E-state index contributed by atoms with van der Waals surface area (Å²) in [4.78, 5) is 15.5. The molecule has 8 heteroatoms. The zero-order valence-corrected chi connectivity index (χ0v) is 26.4. The normalized spacial score (nSPS) is 26.5. The average molecular weight is 589 g/mol. The summed E-state index contributed by atoms with van der Waals surface area (Å²) in [5.41, 5.74) is 0.697. The molecular formula is C34H56N2O6. The molecule has 1 aromatic carbocycles. The van der Waals surface area contributed by atoms with E-state index < -0.39 is 30.4 Å². The molecule has 0 radical (unpaired) electrons. The first-order chi connectivity index (χ1) is 20.4. The lowest BCUT2D eigenvalue weighted by Gasteiger charge is -2.33. The number of hydrogen-bond donors (Lipinski definition) is 1. The Morgan fingerprint density at radius 3 is 2.24 bits per heavy atom. The topological polar surface area (TPSA) is 78.5 Å². The van der Waals surface area contributed by atoms with Gasteiger partial charge in [0.1, 0.15) is 24.4 Å². The van der Waals surface area contributed by atoms with Gasteiger partial charge in [-0.05, 0) is 58.3 Å². The van der Waals surface area contributed by atoms with Gasteiger partial charge in [-0.1, -0.05) is 95.8 Å². The van der Waals surface area contributed by atoms with E-state index in [1.54, 1.807) is 0 Å². The summed E-state index contributed by atoms with van der Waals surface area (Å²) in [5.74, 6) is -0.745. The second kappa shape index (κ2) is 17.6. The molecule has 42 heavy (non-hydrogen) atoms. The van der Waals surface area contributed by atoms with Crippen molar-refractivity contribution in [3.63, 3.8) is 0 Å². The lowest BCUT2D eigenvalue weighted by atomic mass is 10.0. The Labute approximate surface area is 254 Å². The maximum absolute atomic E-state index is 13.1. The molecule has 0 bridgehead atoms. The highest BCUT2D eigenvalue weighted by Gasteiger charge is 2.58. The number of unbranched alkanes of at least 4 members (excludes halogenated alkanes) is 9. The number of rotatable bonds is 17. The number of likely N-dealkylation sites (tertiary alicyclic amines) is 1. The predicted molar refractivity (Wildman–Crippen MR) is 166 cm³/mol. The maximum Gasteiger partial charge on any atom is 0.412 e. The Kier molecular flexibility index (Phi) is 13.9. The van der Waals surface area contributed by atoms with E-state index in [1.807, 2.05) is 44.2 Å². The Bertz CT molecular complexity index is 891. The summed E-state index contributed by atoms with van der Waals surface area (Å²) in [6, 6.07) is 9.40. The molecular weight excluding hydrogens is 532 g/mol. The zero-order chi connectivity index (χ0) is 29.6. The highest BCUT2D eigenvalue weighted by atomic mass is 16.8. The predicted octanol–water partition coefficient (Wildman–Crippen LogP) is 7.66. The number of ether oxygens (including phenoxy) is 5. The van der Waals surface area contributed by atoms with Gasteiger partial charge in [0, 0.05) is 18.8 Å². The highest BCUT2D eigenvalue weighted by molar-refractivity contribution is 5.84. The van der Waals surface area contributed by atoms with E-state index in [2.05, 4.69) is 17.1 Å². The van der Waals surface area contributed by atoms with E-state index in [1.165, 1.54) is 64.2 Å². The minimum absolute atomic E-state index is 0.361. The fraction of sp³-hybridized carbons (Fsp3) is 0.794. The monoisotopic (exact) mass is 588 g/mol. The smallest absolute Gasteiger partial charge is 0.412 e. The minimum atomic E-state index is -0.745. The third-order valence-electron chi connectivity index (χ3n) is 8.62. The molecule has 3 aliphatic heterocycles. The first-order valence-electron chi connectivity index (χ1n) is 16.8. The van der Waals surface area contributed by atoms with Gasteiger partial charge in [-0.3, -0.25) is 10.2 Å². The van der Waals surface area contributed by atoms with Crippen LogP contribution in [0.4, 0.5) is 10.5 Å². The highest BCUT2D eigenvalue weighted by Crippen LogP contribution is 2.40. The number of para-hydroxylation sites is 1. The van der Waals surface area contributed by atoms with Crippen molar-refractivity contribution in [3.05, 3.63) is 30.3 Å². The summed E-state index contributed by atoms with van der Waals surface area (Å²) in [6.45, 7) is 9.27. The summed E-state index contributed by atoms with van der Waals surface area (Å²) >= 11 is 0. The first-order valence-corrected chi connectivity index (χ1v) is 16.8. The molecule has 3 aliphatic rings. The van der Waals surface area contributed by atoms with Crippen molar-refractivity contribution in [3.8, 4) is 0 Å². The third-order valence-corrected chi connectivity index (χ3v) is 8.62. The first kappa shape index (κ1) is 33.2. The molecule has 238 valence electrons. The Morgan fingerprint density at radius 1 is 0.929 bits per heavy atom. The third kappa shape index (κ3) is 10.8. The van der Waals surface area contributed by atoms with Crippen LogP contribution < -0.4 is 5.32 Å². The number of carbonyl (C=O) groups is 1. The summed E-state index contributed by atoms with van der Waals surface area (Å²) < 4.78 is 31.5. The van der Waals surface area contributed by atoms with Crippen LogP contribution in [0.25, 0.3) is 0 Å². The maximum atomic E-state index is 13.1. The summed E-state index contributed by atoms with van der Waals surface area (Å²) in [6.07, 6.45) is 14.7. The average Bonchev–Trinajstić information content (AvgIpc) is 3.29. The molecule has 1 aromatic rings. The summed E-state index contributed by atoms with van der Waals surface area (Å²) in [5, 5.41) is 2.88. The van der Waals surface area contributed by atoms with Crippen molar-refractivity contribution in [2.75, 3.05) is 31.6 Å². The number of amides is 1. The molecule has 4 rings (SSSR count). The van der Waals surface area contributed by atoms with E-state index in [0.717, 1.165) is 38.8 Å². The van der Waals surface area contributed by atoms with Crippen LogP contribution in [0.2, 0.25) is 0 Å². The van der Waals surface area contributed by atoms with E-state index in [0.29, 0.717) is 18.8 Å². The lowest BCUT2D eigenvalue weighted by molar-refractivity contribution is -0.230. The second-order valence-electron chi connectivity index (χ2n) is 12.7. The van der Waals surface area contributed by atoms with Crippen LogP contribution in [-0.4, -0.2) is 73.7 Å². The van der Waals surface area contributed by atoms with Gasteiger partial charge in [0.05, 0.1) is 0 Å². The van der Waals surface area contributed by atoms with E-state index in [9.17, 15) is 4.79 Å². The van der Waals surface area contributed by atoms with Crippen molar-refractivity contribution in [1.29, 1.82) is 0 Å². The molecule has 3 saturated heterocycles. The van der Waals surface area contributed by atoms with Crippen molar-refractivity contribution in [2.24, 2.45) is 0 Å². The van der Waals surface area contributed by atoms with Gasteiger partial charge in [0.2, 0.25) is 0 Å². The number of benzene rings is 1. The molecule has 1 N–H and O–H groups in total. The van der Waals surface area contributed by atoms with Gasteiger partial charge in [0.15, 0.2) is 12.1 Å². The van der Waals surface area contributed by atoms with Gasteiger partial charge >= 0.3 is 6.09 Å². The van der Waals surface area contributed by atoms with Gasteiger partial charge in [0.25, 0.3) is 0 Å². The van der Waals surface area contributed by atoms with E-state index >= 15 is 0 Å². The number of nitrogens with zero attached hydrogens (tertiary/aromatic N) is 1. The number of hydrogen-bond acceptors (Lipinski definition) is 7. The van der Waals surface area contributed by atoms with Gasteiger partial charge in [-0.25, -0.2) is 4.79 Å². The van der Waals surface area contributed by atoms with Gasteiger partial charge < -0.3 is 23.7 Å². The zero-order valence-electron chi connectivity index (χ0n) is 26.4. The molecule has 3 heterocycles. The molecule has 0 spiro atoms. The number of carbonyl (C=O) groups excluding carboxylic acids is 1. The van der Waals surface area contributed by atoms with E-state index in [-0.39, 0.29) is 12.2 Å². The fourth-order valence-corrected chi connectivity index (χ4v) is 6.39. The Hall–Kier alpha value is -1.71. The number of nitrogens with one attached hydrogen (secondary N) is 1. The lowest BCUT2D eigenvalue weighted by Crippen LogP contribution is -2.50. The van der Waals surface area contributed by atoms with Crippen molar-refractivity contribution in [2.45, 2.75) is 147 Å². The molecule has 1 amide bonds. The van der Waals surface area contributed by atoms with Crippen molar-refractivity contribution >= 4 is 11.8 Å². The van der Waals surface area contributed by atoms with Crippen LogP contribution in [0.15, 0.2) is 30.3 Å². The largest absolute Gasteiger partial charge is 0.442 e.